The molecule has 3 rings (SSSR count). The van der Waals surface area contributed by atoms with Crippen molar-refractivity contribution in [2.24, 2.45) is 0 Å². The Hall–Kier alpha value is -3.13. The first-order valence-corrected chi connectivity index (χ1v) is 9.43. The van der Waals surface area contributed by atoms with Crippen LogP contribution in [0.4, 0.5) is 22.7 Å². The number of nitro benzene ring substituents is 1. The lowest BCUT2D eigenvalue weighted by Crippen LogP contribution is -2.44. The second kappa shape index (κ2) is 8.08. The van der Waals surface area contributed by atoms with E-state index in [2.05, 4.69) is 5.32 Å². The molecule has 9 heteroatoms. The lowest BCUT2D eigenvalue weighted by molar-refractivity contribution is -0.384. The topological polar surface area (TPSA) is 95.8 Å². The summed E-state index contributed by atoms with van der Waals surface area (Å²) in [4.78, 5) is 39.1. The van der Waals surface area contributed by atoms with E-state index in [1.807, 2.05) is 13.0 Å². The van der Waals surface area contributed by atoms with Crippen LogP contribution >= 0.6 is 11.6 Å². The molecule has 2 aromatic rings. The molecule has 1 heterocycles. The smallest absolute Gasteiger partial charge is 0.271 e. The van der Waals surface area contributed by atoms with E-state index >= 15 is 0 Å². The van der Waals surface area contributed by atoms with Crippen LogP contribution in [0.3, 0.4) is 0 Å². The molecule has 1 aliphatic heterocycles. The van der Waals surface area contributed by atoms with Gasteiger partial charge >= 0.3 is 0 Å². The van der Waals surface area contributed by atoms with Gasteiger partial charge in [-0.1, -0.05) is 23.7 Å². The molecule has 0 fully saturated rings. The molecule has 1 unspecified atom stereocenters. The lowest BCUT2D eigenvalue weighted by Gasteiger charge is -2.31. The number of fused-ring (bicyclic) bond motifs is 1. The van der Waals surface area contributed by atoms with Crippen molar-refractivity contribution in [2.75, 3.05) is 28.7 Å². The molecular weight excluding hydrogens is 396 g/mol. The van der Waals surface area contributed by atoms with Crippen LogP contribution in [-0.2, 0) is 9.59 Å². The van der Waals surface area contributed by atoms with Crippen LogP contribution in [-0.4, -0.2) is 36.4 Å². The molecular formula is C20H21ClN4O4. The number of benzene rings is 2. The second-order valence-corrected chi connectivity index (χ2v) is 7.50. The fourth-order valence-corrected chi connectivity index (χ4v) is 4.04. The molecule has 2 amide bonds. The molecule has 0 radical (unpaired) electrons. The minimum atomic E-state index is -0.506. The maximum absolute atomic E-state index is 13.2. The Bertz CT molecular complexity index is 971. The summed E-state index contributed by atoms with van der Waals surface area (Å²) in [6, 6.07) is 9.53. The fourth-order valence-electron chi connectivity index (χ4n) is 3.63. The summed E-state index contributed by atoms with van der Waals surface area (Å²) in [5, 5.41) is 14.1. The third-order valence-corrected chi connectivity index (χ3v) is 5.12. The Kier molecular flexibility index (Phi) is 5.74. The molecule has 1 aliphatic rings. The van der Waals surface area contributed by atoms with E-state index in [-0.39, 0.29) is 41.5 Å². The highest BCUT2D eigenvalue weighted by atomic mass is 35.5. The lowest BCUT2D eigenvalue weighted by atomic mass is 10.1. The Balaban J connectivity index is 1.90. The van der Waals surface area contributed by atoms with E-state index in [1.54, 1.807) is 42.0 Å². The van der Waals surface area contributed by atoms with E-state index in [4.69, 9.17) is 11.6 Å². The molecule has 1 atom stereocenters. The monoisotopic (exact) mass is 416 g/mol. The van der Waals surface area contributed by atoms with Crippen LogP contribution in [0.1, 0.15) is 18.9 Å². The molecule has 0 spiro atoms. The van der Waals surface area contributed by atoms with Crippen LogP contribution in [0.2, 0.25) is 5.02 Å². The van der Waals surface area contributed by atoms with Crippen molar-refractivity contribution in [3.63, 3.8) is 0 Å². The number of para-hydroxylation sites is 2. The number of non-ortho nitro benzene ring substituents is 1. The fraction of sp³-hybridized carbons (Fsp3) is 0.300. The number of nitrogens with one attached hydrogen (secondary N) is 1. The van der Waals surface area contributed by atoms with Crippen molar-refractivity contribution in [1.29, 1.82) is 0 Å². The van der Waals surface area contributed by atoms with Gasteiger partial charge in [0.1, 0.15) is 0 Å². The Labute approximate surface area is 173 Å². The van der Waals surface area contributed by atoms with Crippen molar-refractivity contribution in [1.82, 2.24) is 0 Å². The number of halogens is 1. The first kappa shape index (κ1) is 20.6. The number of hydrogen-bond acceptors (Lipinski definition) is 5. The largest absolute Gasteiger partial charge is 0.364 e. The van der Waals surface area contributed by atoms with Gasteiger partial charge in [0.05, 0.1) is 33.6 Å². The van der Waals surface area contributed by atoms with E-state index in [0.29, 0.717) is 22.6 Å². The van der Waals surface area contributed by atoms with E-state index in [9.17, 15) is 19.7 Å². The van der Waals surface area contributed by atoms with Gasteiger partial charge in [0.15, 0.2) is 0 Å². The van der Waals surface area contributed by atoms with Gasteiger partial charge in [-0.2, -0.15) is 0 Å². The number of carbonyl (C=O) groups excluding carboxylic acids is 2. The summed E-state index contributed by atoms with van der Waals surface area (Å²) < 4.78 is 0. The molecule has 152 valence electrons. The zero-order chi connectivity index (χ0) is 21.3. The van der Waals surface area contributed by atoms with Crippen molar-refractivity contribution in [3.05, 3.63) is 57.1 Å². The Morgan fingerprint density at radius 2 is 2.07 bits per heavy atom. The maximum Gasteiger partial charge on any atom is 0.271 e. The van der Waals surface area contributed by atoms with E-state index in [1.165, 1.54) is 12.1 Å². The van der Waals surface area contributed by atoms with Crippen LogP contribution in [0, 0.1) is 17.0 Å². The zero-order valence-electron chi connectivity index (χ0n) is 16.3. The second-order valence-electron chi connectivity index (χ2n) is 7.09. The molecule has 8 nitrogen and oxygen atoms in total. The van der Waals surface area contributed by atoms with Gasteiger partial charge in [0.25, 0.3) is 5.69 Å². The third kappa shape index (κ3) is 4.17. The van der Waals surface area contributed by atoms with Crippen molar-refractivity contribution < 1.29 is 14.5 Å². The van der Waals surface area contributed by atoms with Crippen LogP contribution in [0.15, 0.2) is 36.4 Å². The Morgan fingerprint density at radius 3 is 2.72 bits per heavy atom. The van der Waals surface area contributed by atoms with Gasteiger partial charge in [-0.25, -0.2) is 0 Å². The number of amides is 2. The predicted octanol–water partition coefficient (Wildman–Crippen LogP) is 3.76. The summed E-state index contributed by atoms with van der Waals surface area (Å²) in [7, 11) is 1.70. The minimum Gasteiger partial charge on any atom is -0.364 e. The highest BCUT2D eigenvalue weighted by Gasteiger charge is 2.30. The van der Waals surface area contributed by atoms with Gasteiger partial charge in [0, 0.05) is 31.6 Å². The molecule has 0 bridgehead atoms. The van der Waals surface area contributed by atoms with Crippen molar-refractivity contribution >= 4 is 46.2 Å². The van der Waals surface area contributed by atoms with Crippen LogP contribution in [0.25, 0.3) is 0 Å². The molecule has 0 saturated heterocycles. The number of nitrogens with zero attached hydrogens (tertiary/aromatic N) is 3. The Morgan fingerprint density at radius 1 is 1.38 bits per heavy atom. The number of aryl methyl sites for hydroxylation is 1. The number of carbonyl (C=O) groups is 2. The number of rotatable bonds is 4. The summed E-state index contributed by atoms with van der Waals surface area (Å²) in [6.07, 6.45) is 0.182. The third-order valence-electron chi connectivity index (χ3n) is 4.83. The van der Waals surface area contributed by atoms with E-state index in [0.717, 1.165) is 0 Å². The average Bonchev–Trinajstić information content (AvgIpc) is 2.74. The maximum atomic E-state index is 13.2. The number of anilines is 3. The van der Waals surface area contributed by atoms with Gasteiger partial charge in [0.2, 0.25) is 11.8 Å². The zero-order valence-corrected chi connectivity index (χ0v) is 17.1. The molecule has 29 heavy (non-hydrogen) atoms. The van der Waals surface area contributed by atoms with Crippen LogP contribution in [0.5, 0.6) is 0 Å². The molecule has 0 aromatic heterocycles. The summed E-state index contributed by atoms with van der Waals surface area (Å²) >= 11 is 6.27. The first-order valence-electron chi connectivity index (χ1n) is 9.05. The predicted molar refractivity (Wildman–Crippen MR) is 113 cm³/mol. The van der Waals surface area contributed by atoms with E-state index < -0.39 is 4.92 Å². The highest BCUT2D eigenvalue weighted by molar-refractivity contribution is 6.33. The highest BCUT2D eigenvalue weighted by Crippen LogP contribution is 2.34. The summed E-state index contributed by atoms with van der Waals surface area (Å²) in [6.45, 7) is 3.52. The number of hydrogen-bond donors (Lipinski definition) is 1. The van der Waals surface area contributed by atoms with Gasteiger partial charge in [-0.15, -0.1) is 0 Å². The summed E-state index contributed by atoms with van der Waals surface area (Å²) in [5.41, 5.74) is 2.27. The quantitative estimate of drug-likeness (QED) is 0.604. The average molecular weight is 417 g/mol. The molecule has 1 N–H and O–H groups in total. The summed E-state index contributed by atoms with van der Waals surface area (Å²) in [5.74, 6) is -0.361. The van der Waals surface area contributed by atoms with Gasteiger partial charge in [-0.3, -0.25) is 19.7 Å². The first-order chi connectivity index (χ1) is 13.7. The van der Waals surface area contributed by atoms with Crippen molar-refractivity contribution in [2.45, 2.75) is 26.3 Å². The molecule has 0 aliphatic carbocycles. The van der Waals surface area contributed by atoms with Gasteiger partial charge in [-0.05, 0) is 31.5 Å². The SMILES string of the molecule is Cc1cc([N+](=O)[O-])cc(Cl)c1N(C)CC(=O)N1c2ccccc2NC(=O)CC1C. The molecule has 2 aromatic carbocycles. The number of likely N-dealkylation sites (N-methyl/N-ethyl adjacent to an activating group) is 1. The molecule has 0 saturated carbocycles. The standard InChI is InChI=1S/C20H21ClN4O4/c1-12-8-14(25(28)29)10-15(21)20(12)23(3)11-19(27)24-13(2)9-18(26)22-16-6-4-5-7-17(16)24/h4-8,10,13H,9,11H2,1-3H3,(H,22,26). The van der Waals surface area contributed by atoms with Gasteiger partial charge < -0.3 is 15.1 Å². The van der Waals surface area contributed by atoms with Crippen LogP contribution < -0.4 is 15.1 Å². The number of nitro groups is 1. The minimum absolute atomic E-state index is 0.00869. The normalized spacial score (nSPS) is 15.9. The van der Waals surface area contributed by atoms with Crippen molar-refractivity contribution in [3.8, 4) is 0 Å².